The van der Waals surface area contributed by atoms with Gasteiger partial charge in [-0.25, -0.2) is 4.98 Å². The Morgan fingerprint density at radius 1 is 1.10 bits per heavy atom. The number of aliphatic hydroxyl groups is 1. The molecular formula is C28H29ClN4O7S. The Hall–Kier alpha value is -3.71. The van der Waals surface area contributed by atoms with E-state index in [2.05, 4.69) is 4.98 Å². The summed E-state index contributed by atoms with van der Waals surface area (Å²) in [6.45, 7) is -0.103. The molecule has 3 atom stereocenters. The van der Waals surface area contributed by atoms with E-state index in [0.29, 0.717) is 15.6 Å². The van der Waals surface area contributed by atoms with E-state index in [0.717, 1.165) is 0 Å². The summed E-state index contributed by atoms with van der Waals surface area (Å²) < 4.78 is 39.8. The Morgan fingerprint density at radius 3 is 2.46 bits per heavy atom. The summed E-state index contributed by atoms with van der Waals surface area (Å²) in [5, 5.41) is 10.7. The first-order valence-corrected chi connectivity index (χ1v) is 14.5. The fraction of sp³-hybridized carbons (Fsp3) is 0.321. The number of aliphatic hydroxyl groups excluding tert-OH is 1. The van der Waals surface area contributed by atoms with Crippen LogP contribution < -0.4 is 13.8 Å². The van der Waals surface area contributed by atoms with Gasteiger partial charge in [-0.2, -0.15) is 12.7 Å². The van der Waals surface area contributed by atoms with Gasteiger partial charge in [0.1, 0.15) is 11.5 Å². The number of benzene rings is 2. The third-order valence-electron chi connectivity index (χ3n) is 7.44. The molecule has 1 fully saturated rings. The number of sulfonamides is 1. The minimum Gasteiger partial charge on any atom is -0.496 e. The molecule has 1 aromatic heterocycles. The first kappa shape index (κ1) is 28.8. The predicted molar refractivity (Wildman–Crippen MR) is 150 cm³/mol. The van der Waals surface area contributed by atoms with E-state index >= 15 is 0 Å². The summed E-state index contributed by atoms with van der Waals surface area (Å²) in [5.74, 6) is -0.623. The number of rotatable bonds is 7. The molecule has 1 N–H and O–H groups in total. The number of ether oxygens (including phenoxy) is 2. The maximum atomic E-state index is 15.0. The number of hydrogen-bond acceptors (Lipinski definition) is 9. The highest BCUT2D eigenvalue weighted by Gasteiger charge is 2.64. The lowest BCUT2D eigenvalue weighted by Gasteiger charge is -2.42. The van der Waals surface area contributed by atoms with Crippen LogP contribution in [0.4, 0.5) is 5.69 Å². The average Bonchev–Trinajstić information content (AvgIpc) is 3.47. The Bertz CT molecular complexity index is 1620. The number of methoxy groups -OCH3 is 2. The maximum Gasteiger partial charge on any atom is 0.288 e. The molecule has 1 saturated heterocycles. The Labute approximate surface area is 242 Å². The number of pyridine rings is 1. The summed E-state index contributed by atoms with van der Waals surface area (Å²) >= 11 is 6.48. The summed E-state index contributed by atoms with van der Waals surface area (Å²) in [6.07, 6.45) is 0.302. The van der Waals surface area contributed by atoms with Gasteiger partial charge in [-0.15, -0.1) is 0 Å². The first-order valence-electron chi connectivity index (χ1n) is 12.7. The minimum atomic E-state index is -4.59. The van der Waals surface area contributed by atoms with Crippen molar-refractivity contribution >= 4 is 39.1 Å². The summed E-state index contributed by atoms with van der Waals surface area (Å²) in [7, 11) is 1.43. The highest BCUT2D eigenvalue weighted by molar-refractivity contribution is 7.93. The van der Waals surface area contributed by atoms with Gasteiger partial charge in [0.05, 0.1) is 38.2 Å². The molecule has 13 heteroatoms. The van der Waals surface area contributed by atoms with Crippen molar-refractivity contribution in [3.8, 4) is 11.5 Å². The molecule has 0 spiro atoms. The van der Waals surface area contributed by atoms with Gasteiger partial charge in [-0.05, 0) is 42.8 Å². The van der Waals surface area contributed by atoms with Gasteiger partial charge in [0.2, 0.25) is 5.91 Å². The zero-order chi connectivity index (χ0) is 29.7. The number of aromatic nitrogens is 1. The van der Waals surface area contributed by atoms with Crippen LogP contribution in [0.1, 0.15) is 17.5 Å². The van der Waals surface area contributed by atoms with Crippen LogP contribution in [0.15, 0.2) is 65.8 Å². The van der Waals surface area contributed by atoms with Crippen LogP contribution in [0, 0.1) is 0 Å². The molecule has 0 bridgehead atoms. The van der Waals surface area contributed by atoms with Crippen molar-refractivity contribution in [1.82, 2.24) is 14.8 Å². The van der Waals surface area contributed by atoms with Crippen molar-refractivity contribution in [3.63, 3.8) is 0 Å². The Balaban J connectivity index is 1.84. The van der Waals surface area contributed by atoms with Crippen LogP contribution in [0.2, 0.25) is 5.02 Å². The average molecular weight is 601 g/mol. The Kier molecular flexibility index (Phi) is 7.45. The van der Waals surface area contributed by atoms with Crippen LogP contribution >= 0.6 is 11.6 Å². The first-order chi connectivity index (χ1) is 19.5. The molecule has 3 aromatic rings. The van der Waals surface area contributed by atoms with Crippen LogP contribution in [0.5, 0.6) is 11.5 Å². The number of anilines is 1. The van der Waals surface area contributed by atoms with Gasteiger partial charge < -0.3 is 19.5 Å². The van der Waals surface area contributed by atoms with E-state index in [-0.39, 0.29) is 45.9 Å². The van der Waals surface area contributed by atoms with Crippen LogP contribution in [-0.4, -0.2) is 87.1 Å². The zero-order valence-corrected chi connectivity index (χ0v) is 24.4. The van der Waals surface area contributed by atoms with Crippen LogP contribution in [0.25, 0.3) is 0 Å². The number of likely N-dealkylation sites (tertiary alicyclic amines) is 1. The number of amides is 2. The molecule has 0 radical (unpaired) electrons. The maximum absolute atomic E-state index is 15.0. The molecule has 2 amide bonds. The van der Waals surface area contributed by atoms with Crippen LogP contribution in [0.3, 0.4) is 0 Å². The zero-order valence-electron chi connectivity index (χ0n) is 22.8. The van der Waals surface area contributed by atoms with Crippen molar-refractivity contribution in [2.24, 2.45) is 0 Å². The smallest absolute Gasteiger partial charge is 0.288 e. The van der Waals surface area contributed by atoms with E-state index in [1.165, 1.54) is 55.6 Å². The molecule has 2 aliphatic rings. The second kappa shape index (κ2) is 10.6. The molecule has 3 heterocycles. The van der Waals surface area contributed by atoms with E-state index in [4.69, 9.17) is 21.1 Å². The summed E-state index contributed by atoms with van der Waals surface area (Å²) in [5.41, 5.74) is -1.36. The molecule has 41 heavy (non-hydrogen) atoms. The number of fused-ring (bicyclic) bond motifs is 1. The molecule has 0 aliphatic carbocycles. The van der Waals surface area contributed by atoms with E-state index in [9.17, 15) is 23.1 Å². The number of carbonyl (C=O) groups is 2. The molecule has 2 aliphatic heterocycles. The van der Waals surface area contributed by atoms with Gasteiger partial charge in [-0.3, -0.25) is 14.5 Å². The number of halogens is 1. The molecule has 1 unspecified atom stereocenters. The van der Waals surface area contributed by atoms with Gasteiger partial charge >= 0.3 is 0 Å². The van der Waals surface area contributed by atoms with Crippen molar-refractivity contribution < 1.29 is 32.6 Å². The SMILES string of the molecule is COc1ccc(S(=O)(=O)N2C(=O)C(c3ccccc3OC)(N3C[C@H](O)C[C@H]3C(=O)N(C)C)c3cc(Cl)ccc32)nc1. The molecule has 2 aromatic carbocycles. The molecule has 216 valence electrons. The minimum absolute atomic E-state index is 0.0316. The fourth-order valence-electron chi connectivity index (χ4n) is 5.67. The number of carbonyl (C=O) groups excluding carboxylic acids is 2. The second-order valence-corrected chi connectivity index (χ2v) is 12.1. The number of likely N-dealkylation sites (N-methyl/N-ethyl adjacent to an activating group) is 1. The van der Waals surface area contributed by atoms with Gasteiger partial charge in [0.15, 0.2) is 10.6 Å². The van der Waals surface area contributed by atoms with E-state index in [1.807, 2.05) is 0 Å². The van der Waals surface area contributed by atoms with Crippen molar-refractivity contribution in [2.45, 2.75) is 29.1 Å². The van der Waals surface area contributed by atoms with E-state index < -0.39 is 33.6 Å². The topological polar surface area (TPSA) is 130 Å². The van der Waals surface area contributed by atoms with Crippen molar-refractivity contribution in [3.05, 3.63) is 76.9 Å². The summed E-state index contributed by atoms with van der Waals surface area (Å²) in [4.78, 5) is 35.5. The molecule has 0 saturated carbocycles. The second-order valence-electron chi connectivity index (χ2n) is 9.97. The normalized spacial score (nSPS) is 22.5. The van der Waals surface area contributed by atoms with E-state index in [1.54, 1.807) is 43.3 Å². The largest absolute Gasteiger partial charge is 0.496 e. The molecular weight excluding hydrogens is 572 g/mol. The number of β-amino-alcohol motifs (C(OH)–C–C–N with tert-alkyl or cyclic N) is 1. The molecule has 11 nitrogen and oxygen atoms in total. The quantitative estimate of drug-likeness (QED) is 0.434. The lowest BCUT2D eigenvalue weighted by molar-refractivity contribution is -0.138. The molecule has 5 rings (SSSR count). The number of hydrogen-bond donors (Lipinski definition) is 1. The highest BCUT2D eigenvalue weighted by atomic mass is 35.5. The summed E-state index contributed by atoms with van der Waals surface area (Å²) in [6, 6.07) is 12.8. The monoisotopic (exact) mass is 600 g/mol. The van der Waals surface area contributed by atoms with Gasteiger partial charge in [-0.1, -0.05) is 29.8 Å². The fourth-order valence-corrected chi connectivity index (χ4v) is 7.23. The van der Waals surface area contributed by atoms with Gasteiger partial charge in [0, 0.05) is 36.8 Å². The standard InChI is InChI=1S/C28H29ClN4O7S/c1-31(2)26(35)23-14-18(34)16-32(23)28(20-7-5-6-8-24(20)40-4)21-13-17(29)9-11-22(21)33(27(28)36)41(37,38)25-12-10-19(39-3)15-30-25/h5-13,15,18,23,34H,14,16H2,1-4H3/t18-,23+,28?/m1/s1. The van der Waals surface area contributed by atoms with Crippen LogP contribution in [-0.2, 0) is 25.2 Å². The van der Waals surface area contributed by atoms with Crippen molar-refractivity contribution in [2.75, 3.05) is 39.2 Å². The van der Waals surface area contributed by atoms with Gasteiger partial charge in [0.25, 0.3) is 15.9 Å². The number of para-hydroxylation sites is 1. The highest BCUT2D eigenvalue weighted by Crippen LogP contribution is 2.54. The third kappa shape index (κ3) is 4.42. The predicted octanol–water partition coefficient (Wildman–Crippen LogP) is 2.25. The lowest BCUT2D eigenvalue weighted by Crippen LogP contribution is -2.59. The number of nitrogens with zero attached hydrogens (tertiary/aromatic N) is 4. The lowest BCUT2D eigenvalue weighted by atomic mass is 9.80. The Morgan fingerprint density at radius 2 is 1.83 bits per heavy atom. The third-order valence-corrected chi connectivity index (χ3v) is 9.29. The van der Waals surface area contributed by atoms with Crippen molar-refractivity contribution in [1.29, 1.82) is 0 Å².